The quantitative estimate of drug-likeness (QED) is 0.374. The molecule has 0 aliphatic heterocycles. The highest BCUT2D eigenvalue weighted by Gasteiger charge is 2.33. The average molecular weight is 536 g/mol. The van der Waals surface area contributed by atoms with E-state index in [0.717, 1.165) is 33.7 Å². The standard InChI is InChI=1S/C30H37N3O4S/c1-5-24(3)31-30(35)28(20-25-15-8-6-9-16-25)32(21-26-17-10-7-11-18-26)29(34)22-33(38(4,36)37)27-19-13-12-14-23(27)2/h6-19,24,28H,5,20-22H2,1-4H3,(H,31,35)/t24-,28+/m1/s1. The molecule has 7 nitrogen and oxygen atoms in total. The number of sulfonamides is 1. The second kappa shape index (κ2) is 13.2. The smallest absolute Gasteiger partial charge is 0.244 e. The number of hydrogen-bond donors (Lipinski definition) is 1. The van der Waals surface area contributed by atoms with Gasteiger partial charge in [-0.15, -0.1) is 0 Å². The lowest BCUT2D eigenvalue weighted by Gasteiger charge is -2.34. The van der Waals surface area contributed by atoms with Gasteiger partial charge in [0.15, 0.2) is 0 Å². The molecule has 0 aliphatic carbocycles. The predicted molar refractivity (Wildman–Crippen MR) is 152 cm³/mol. The molecule has 0 heterocycles. The lowest BCUT2D eigenvalue weighted by atomic mass is 10.0. The summed E-state index contributed by atoms with van der Waals surface area (Å²) in [5, 5.41) is 3.03. The third-order valence-corrected chi connectivity index (χ3v) is 7.66. The number of para-hydroxylation sites is 1. The molecule has 3 rings (SSSR count). The summed E-state index contributed by atoms with van der Waals surface area (Å²) in [7, 11) is -3.78. The van der Waals surface area contributed by atoms with Gasteiger partial charge in [-0.3, -0.25) is 13.9 Å². The first-order valence-corrected chi connectivity index (χ1v) is 14.7. The molecule has 0 saturated carbocycles. The number of carbonyl (C=O) groups is 2. The van der Waals surface area contributed by atoms with Gasteiger partial charge >= 0.3 is 0 Å². The minimum atomic E-state index is -3.78. The third kappa shape index (κ3) is 7.92. The van der Waals surface area contributed by atoms with E-state index in [-0.39, 0.29) is 18.5 Å². The van der Waals surface area contributed by atoms with E-state index in [1.165, 1.54) is 4.90 Å². The predicted octanol–water partition coefficient (Wildman–Crippen LogP) is 4.32. The molecule has 0 saturated heterocycles. The van der Waals surface area contributed by atoms with E-state index in [4.69, 9.17) is 0 Å². The zero-order chi connectivity index (χ0) is 27.7. The summed E-state index contributed by atoms with van der Waals surface area (Å²) < 4.78 is 26.8. The molecule has 3 aromatic carbocycles. The molecule has 0 bridgehead atoms. The Bertz CT molecular complexity index is 1310. The van der Waals surface area contributed by atoms with Crippen molar-refractivity contribution in [2.24, 2.45) is 0 Å². The van der Waals surface area contributed by atoms with Gasteiger partial charge in [0.25, 0.3) is 0 Å². The highest BCUT2D eigenvalue weighted by atomic mass is 32.2. The van der Waals surface area contributed by atoms with Crippen LogP contribution in [0.5, 0.6) is 0 Å². The van der Waals surface area contributed by atoms with Crippen molar-refractivity contribution in [1.29, 1.82) is 0 Å². The van der Waals surface area contributed by atoms with E-state index >= 15 is 0 Å². The molecule has 38 heavy (non-hydrogen) atoms. The number of rotatable bonds is 12. The van der Waals surface area contributed by atoms with Gasteiger partial charge in [-0.25, -0.2) is 8.42 Å². The van der Waals surface area contributed by atoms with Crippen LogP contribution in [0, 0.1) is 6.92 Å². The van der Waals surface area contributed by atoms with Crippen molar-refractivity contribution in [2.45, 2.75) is 52.2 Å². The zero-order valence-corrected chi connectivity index (χ0v) is 23.3. The normalized spacial score (nSPS) is 12.8. The van der Waals surface area contributed by atoms with Gasteiger partial charge in [-0.05, 0) is 43.0 Å². The van der Waals surface area contributed by atoms with Crippen molar-refractivity contribution >= 4 is 27.5 Å². The maximum absolute atomic E-state index is 14.0. The van der Waals surface area contributed by atoms with Crippen LogP contribution in [0.4, 0.5) is 5.69 Å². The van der Waals surface area contributed by atoms with E-state index in [1.807, 2.05) is 80.6 Å². The van der Waals surface area contributed by atoms with Crippen LogP contribution in [0.3, 0.4) is 0 Å². The summed E-state index contributed by atoms with van der Waals surface area (Å²) in [5.74, 6) is -0.725. The topological polar surface area (TPSA) is 86.8 Å². The van der Waals surface area contributed by atoms with Crippen LogP contribution >= 0.6 is 0 Å². The number of benzene rings is 3. The Morgan fingerprint density at radius 2 is 1.42 bits per heavy atom. The van der Waals surface area contributed by atoms with Crippen molar-refractivity contribution in [3.63, 3.8) is 0 Å². The number of hydrogen-bond acceptors (Lipinski definition) is 4. The van der Waals surface area contributed by atoms with Gasteiger partial charge in [-0.1, -0.05) is 85.8 Å². The number of nitrogens with zero attached hydrogens (tertiary/aromatic N) is 2. The van der Waals surface area contributed by atoms with Crippen molar-refractivity contribution in [3.8, 4) is 0 Å². The van der Waals surface area contributed by atoms with Gasteiger partial charge in [0.1, 0.15) is 12.6 Å². The first kappa shape index (κ1) is 28.9. The number of anilines is 1. The van der Waals surface area contributed by atoms with E-state index in [2.05, 4.69) is 5.32 Å². The minimum Gasteiger partial charge on any atom is -0.352 e. The van der Waals surface area contributed by atoms with Crippen LogP contribution in [0.2, 0.25) is 0 Å². The first-order chi connectivity index (χ1) is 18.1. The Kier molecular flexibility index (Phi) is 10.1. The molecule has 0 fully saturated rings. The number of nitrogens with one attached hydrogen (secondary N) is 1. The first-order valence-electron chi connectivity index (χ1n) is 12.8. The molecule has 2 amide bonds. The molecule has 0 spiro atoms. The summed E-state index contributed by atoms with van der Waals surface area (Å²) in [6.45, 7) is 5.45. The number of aryl methyl sites for hydroxylation is 1. The lowest BCUT2D eigenvalue weighted by molar-refractivity contribution is -0.140. The maximum Gasteiger partial charge on any atom is 0.244 e. The molecule has 1 N–H and O–H groups in total. The summed E-state index contributed by atoms with van der Waals surface area (Å²) in [4.78, 5) is 29.2. The fourth-order valence-corrected chi connectivity index (χ4v) is 5.12. The fraction of sp³-hybridized carbons (Fsp3) is 0.333. The van der Waals surface area contributed by atoms with Crippen LogP contribution in [0.25, 0.3) is 0 Å². The fourth-order valence-electron chi connectivity index (χ4n) is 4.21. The molecule has 8 heteroatoms. The second-order valence-corrected chi connectivity index (χ2v) is 11.5. The van der Waals surface area contributed by atoms with E-state index in [0.29, 0.717) is 12.1 Å². The van der Waals surface area contributed by atoms with Gasteiger partial charge in [0, 0.05) is 19.0 Å². The summed E-state index contributed by atoms with van der Waals surface area (Å²) in [6.07, 6.45) is 2.13. The summed E-state index contributed by atoms with van der Waals surface area (Å²) >= 11 is 0. The number of carbonyl (C=O) groups excluding carboxylic acids is 2. The molecular weight excluding hydrogens is 498 g/mol. The van der Waals surface area contributed by atoms with E-state index in [9.17, 15) is 18.0 Å². The van der Waals surface area contributed by atoms with Gasteiger partial charge < -0.3 is 10.2 Å². The van der Waals surface area contributed by atoms with Crippen molar-refractivity contribution in [1.82, 2.24) is 10.2 Å². The molecular formula is C30H37N3O4S. The monoisotopic (exact) mass is 535 g/mol. The van der Waals surface area contributed by atoms with Crippen LogP contribution < -0.4 is 9.62 Å². The molecule has 0 radical (unpaired) electrons. The van der Waals surface area contributed by atoms with Crippen LogP contribution in [0.1, 0.15) is 37.0 Å². The average Bonchev–Trinajstić information content (AvgIpc) is 2.90. The Hall–Kier alpha value is -3.65. The van der Waals surface area contributed by atoms with E-state index < -0.39 is 28.5 Å². The lowest BCUT2D eigenvalue weighted by Crippen LogP contribution is -2.54. The zero-order valence-electron chi connectivity index (χ0n) is 22.5. The van der Waals surface area contributed by atoms with Gasteiger partial charge in [-0.2, -0.15) is 0 Å². The molecule has 0 aromatic heterocycles. The van der Waals surface area contributed by atoms with Crippen LogP contribution in [0.15, 0.2) is 84.9 Å². The third-order valence-electron chi connectivity index (χ3n) is 6.53. The van der Waals surface area contributed by atoms with Crippen LogP contribution in [-0.2, 0) is 32.6 Å². The van der Waals surface area contributed by atoms with Gasteiger partial charge in [0.05, 0.1) is 11.9 Å². The highest BCUT2D eigenvalue weighted by molar-refractivity contribution is 7.92. The molecule has 0 aliphatic rings. The van der Waals surface area contributed by atoms with Crippen molar-refractivity contribution in [2.75, 3.05) is 17.1 Å². The maximum atomic E-state index is 14.0. The summed E-state index contributed by atoms with van der Waals surface area (Å²) in [6, 6.07) is 25.1. The van der Waals surface area contributed by atoms with Crippen LogP contribution in [-0.4, -0.2) is 50.0 Å². The van der Waals surface area contributed by atoms with E-state index in [1.54, 1.807) is 25.1 Å². The molecule has 0 unspecified atom stereocenters. The Morgan fingerprint density at radius 3 is 1.97 bits per heavy atom. The second-order valence-electron chi connectivity index (χ2n) is 9.59. The Labute approximate surface area is 226 Å². The van der Waals surface area contributed by atoms with Gasteiger partial charge in [0.2, 0.25) is 21.8 Å². The highest BCUT2D eigenvalue weighted by Crippen LogP contribution is 2.23. The Balaban J connectivity index is 2.05. The summed E-state index contributed by atoms with van der Waals surface area (Å²) in [5.41, 5.74) is 2.92. The Morgan fingerprint density at radius 1 is 0.868 bits per heavy atom. The number of amides is 2. The molecule has 2 atom stereocenters. The minimum absolute atomic E-state index is 0.0751. The SMILES string of the molecule is CC[C@@H](C)NC(=O)[C@H](Cc1ccccc1)N(Cc1ccccc1)C(=O)CN(c1ccccc1C)S(C)(=O)=O. The largest absolute Gasteiger partial charge is 0.352 e. The van der Waals surface area contributed by atoms with Crippen molar-refractivity contribution in [3.05, 3.63) is 102 Å². The molecule has 202 valence electrons. The van der Waals surface area contributed by atoms with Crippen molar-refractivity contribution < 1.29 is 18.0 Å². The molecule has 3 aromatic rings.